The van der Waals surface area contributed by atoms with Crippen LogP contribution in [0.25, 0.3) is 0 Å². The van der Waals surface area contributed by atoms with E-state index in [0.29, 0.717) is 35.8 Å². The van der Waals surface area contributed by atoms with Crippen LogP contribution < -0.4 is 4.31 Å². The predicted molar refractivity (Wildman–Crippen MR) is 93.7 cm³/mol. The Morgan fingerprint density at radius 1 is 1.35 bits per heavy atom. The number of unbranched alkanes of at least 4 members (excludes halogenated alkanes) is 1. The molecule has 0 atom stereocenters. The predicted octanol–water partition coefficient (Wildman–Crippen LogP) is 3.14. The number of sulfonamides is 1. The molecule has 0 aromatic heterocycles. The molecule has 1 saturated heterocycles. The van der Waals surface area contributed by atoms with Gasteiger partial charge in [-0.1, -0.05) is 24.9 Å². The maximum absolute atomic E-state index is 12.5. The molecule has 0 unspecified atom stereocenters. The molecular formula is C16H23ClN2O3S. The Labute approximate surface area is 143 Å². The quantitative estimate of drug-likeness (QED) is 0.812. The summed E-state index contributed by atoms with van der Waals surface area (Å²) in [6, 6.07) is 4.84. The summed E-state index contributed by atoms with van der Waals surface area (Å²) >= 11 is 6.19. The first-order chi connectivity index (χ1) is 10.9. The fourth-order valence-corrected chi connectivity index (χ4v) is 4.53. The number of hydrogen-bond donors (Lipinski definition) is 0. The van der Waals surface area contributed by atoms with Gasteiger partial charge < -0.3 is 4.90 Å². The van der Waals surface area contributed by atoms with Gasteiger partial charge in [-0.2, -0.15) is 0 Å². The van der Waals surface area contributed by atoms with Gasteiger partial charge in [0.1, 0.15) is 0 Å². The molecule has 1 heterocycles. The number of benzene rings is 1. The zero-order valence-electron chi connectivity index (χ0n) is 13.6. The lowest BCUT2D eigenvalue weighted by Gasteiger charge is -2.29. The molecule has 2 rings (SSSR count). The van der Waals surface area contributed by atoms with Crippen LogP contribution >= 0.6 is 11.6 Å². The van der Waals surface area contributed by atoms with Gasteiger partial charge in [0.2, 0.25) is 10.0 Å². The van der Waals surface area contributed by atoms with Crippen LogP contribution in [0.15, 0.2) is 18.2 Å². The first-order valence-corrected chi connectivity index (χ1v) is 9.91. The molecule has 0 radical (unpaired) electrons. The summed E-state index contributed by atoms with van der Waals surface area (Å²) < 4.78 is 25.9. The molecule has 1 fully saturated rings. The minimum Gasteiger partial charge on any atom is -0.342 e. The summed E-state index contributed by atoms with van der Waals surface area (Å²) in [5, 5.41) is 0.350. The van der Waals surface area contributed by atoms with Crippen LogP contribution in [0.4, 0.5) is 5.69 Å². The number of nitrogens with zero attached hydrogens (tertiary/aromatic N) is 2. The van der Waals surface area contributed by atoms with Crippen molar-refractivity contribution in [2.45, 2.75) is 32.6 Å². The highest BCUT2D eigenvalue weighted by Crippen LogP contribution is 2.31. The normalized spacial score (nSPS) is 17.1. The Balaban J connectivity index is 2.30. The van der Waals surface area contributed by atoms with Gasteiger partial charge in [0.05, 0.1) is 16.5 Å². The summed E-state index contributed by atoms with van der Waals surface area (Å²) in [6.07, 6.45) is 3.40. The molecule has 128 valence electrons. The SMILES string of the molecule is CCCCN(C)C(=O)c1ccc(Cl)c(N2CCCCS2(=O)=O)c1. The van der Waals surface area contributed by atoms with Crippen molar-refractivity contribution in [1.82, 2.24) is 4.90 Å². The van der Waals surface area contributed by atoms with Crippen molar-refractivity contribution in [3.05, 3.63) is 28.8 Å². The van der Waals surface area contributed by atoms with Crippen LogP contribution in [0.1, 0.15) is 43.0 Å². The second-order valence-electron chi connectivity index (χ2n) is 5.84. The Morgan fingerprint density at radius 2 is 2.09 bits per heavy atom. The van der Waals surface area contributed by atoms with Crippen LogP contribution in [0.5, 0.6) is 0 Å². The van der Waals surface area contributed by atoms with Crippen molar-refractivity contribution >= 4 is 33.2 Å². The van der Waals surface area contributed by atoms with Gasteiger partial charge in [0.25, 0.3) is 5.91 Å². The van der Waals surface area contributed by atoms with E-state index in [2.05, 4.69) is 6.92 Å². The van der Waals surface area contributed by atoms with Crippen molar-refractivity contribution in [1.29, 1.82) is 0 Å². The Kier molecular flexibility index (Phi) is 5.92. The van der Waals surface area contributed by atoms with Crippen molar-refractivity contribution < 1.29 is 13.2 Å². The van der Waals surface area contributed by atoms with Gasteiger partial charge in [-0.3, -0.25) is 9.10 Å². The van der Waals surface area contributed by atoms with E-state index in [4.69, 9.17) is 11.6 Å². The summed E-state index contributed by atoms with van der Waals surface area (Å²) in [7, 11) is -1.60. The van der Waals surface area contributed by atoms with E-state index in [1.54, 1.807) is 30.1 Å². The average molecular weight is 359 g/mol. The van der Waals surface area contributed by atoms with Gasteiger partial charge in [0.15, 0.2) is 0 Å². The molecule has 0 spiro atoms. The number of hydrogen-bond acceptors (Lipinski definition) is 3. The molecule has 1 aliphatic heterocycles. The Hall–Kier alpha value is -1.27. The monoisotopic (exact) mass is 358 g/mol. The van der Waals surface area contributed by atoms with Crippen molar-refractivity contribution in [2.75, 3.05) is 30.2 Å². The van der Waals surface area contributed by atoms with E-state index in [1.807, 2.05) is 0 Å². The van der Waals surface area contributed by atoms with E-state index >= 15 is 0 Å². The third-order valence-electron chi connectivity index (χ3n) is 4.00. The molecule has 23 heavy (non-hydrogen) atoms. The average Bonchev–Trinajstić information content (AvgIpc) is 2.52. The lowest BCUT2D eigenvalue weighted by Crippen LogP contribution is -2.38. The largest absolute Gasteiger partial charge is 0.342 e. The lowest BCUT2D eigenvalue weighted by atomic mass is 10.1. The van der Waals surface area contributed by atoms with Crippen molar-refractivity contribution in [3.63, 3.8) is 0 Å². The maximum atomic E-state index is 12.5. The highest BCUT2D eigenvalue weighted by Gasteiger charge is 2.28. The Morgan fingerprint density at radius 3 is 2.74 bits per heavy atom. The number of anilines is 1. The highest BCUT2D eigenvalue weighted by atomic mass is 35.5. The fourth-order valence-electron chi connectivity index (χ4n) is 2.61. The Bertz CT molecular complexity index is 676. The molecule has 0 aliphatic carbocycles. The molecule has 1 aromatic rings. The second-order valence-corrected chi connectivity index (χ2v) is 8.26. The molecule has 5 nitrogen and oxygen atoms in total. The van der Waals surface area contributed by atoms with Gasteiger partial charge in [0, 0.05) is 25.7 Å². The second kappa shape index (κ2) is 7.53. The first-order valence-electron chi connectivity index (χ1n) is 7.92. The molecule has 0 N–H and O–H groups in total. The third kappa shape index (κ3) is 4.18. The molecule has 1 amide bonds. The van der Waals surface area contributed by atoms with E-state index < -0.39 is 10.0 Å². The van der Waals surface area contributed by atoms with Crippen LogP contribution in [-0.4, -0.2) is 45.1 Å². The summed E-state index contributed by atoms with van der Waals surface area (Å²) in [6.45, 7) is 3.15. The minimum absolute atomic E-state index is 0.120. The number of rotatable bonds is 5. The highest BCUT2D eigenvalue weighted by molar-refractivity contribution is 7.92. The standard InChI is InChI=1S/C16H23ClN2O3S/c1-3-4-9-18(2)16(20)13-7-8-14(17)15(12-13)19-10-5-6-11-23(19,21)22/h7-8,12H,3-6,9-11H2,1-2H3. The molecular weight excluding hydrogens is 336 g/mol. The smallest absolute Gasteiger partial charge is 0.253 e. The van der Waals surface area contributed by atoms with E-state index in [1.165, 1.54) is 4.31 Å². The van der Waals surface area contributed by atoms with Crippen LogP contribution in [-0.2, 0) is 10.0 Å². The van der Waals surface area contributed by atoms with Crippen LogP contribution in [0.2, 0.25) is 5.02 Å². The maximum Gasteiger partial charge on any atom is 0.253 e. The molecule has 1 aliphatic rings. The van der Waals surface area contributed by atoms with E-state index in [-0.39, 0.29) is 11.7 Å². The molecule has 0 bridgehead atoms. The van der Waals surface area contributed by atoms with Gasteiger partial charge >= 0.3 is 0 Å². The van der Waals surface area contributed by atoms with Crippen molar-refractivity contribution in [3.8, 4) is 0 Å². The molecule has 1 aromatic carbocycles. The topological polar surface area (TPSA) is 57.7 Å². The van der Waals surface area contributed by atoms with Gasteiger partial charge in [-0.15, -0.1) is 0 Å². The lowest BCUT2D eigenvalue weighted by molar-refractivity contribution is 0.0793. The third-order valence-corrected chi connectivity index (χ3v) is 6.18. The molecule has 0 saturated carbocycles. The first kappa shape index (κ1) is 18.1. The van der Waals surface area contributed by atoms with E-state index in [0.717, 1.165) is 19.3 Å². The number of carbonyl (C=O) groups excluding carboxylic acids is 1. The van der Waals surface area contributed by atoms with Crippen molar-refractivity contribution in [2.24, 2.45) is 0 Å². The number of amides is 1. The summed E-state index contributed by atoms with van der Waals surface area (Å²) in [5.41, 5.74) is 0.866. The van der Waals surface area contributed by atoms with Gasteiger partial charge in [-0.05, 0) is 37.5 Å². The van der Waals surface area contributed by atoms with Gasteiger partial charge in [-0.25, -0.2) is 8.42 Å². The number of carbonyl (C=O) groups is 1. The number of halogens is 1. The van der Waals surface area contributed by atoms with E-state index in [9.17, 15) is 13.2 Å². The fraction of sp³-hybridized carbons (Fsp3) is 0.562. The zero-order valence-corrected chi connectivity index (χ0v) is 15.2. The zero-order chi connectivity index (χ0) is 17.0. The summed E-state index contributed by atoms with van der Waals surface area (Å²) in [4.78, 5) is 14.1. The minimum atomic E-state index is -3.35. The van der Waals surface area contributed by atoms with Crippen LogP contribution in [0, 0.1) is 0 Å². The molecule has 7 heteroatoms. The van der Waals surface area contributed by atoms with Crippen LogP contribution in [0.3, 0.4) is 0 Å². The summed E-state index contributed by atoms with van der Waals surface area (Å²) in [5.74, 6) is 0.00327.